The number of benzene rings is 3. The lowest BCUT2D eigenvalue weighted by atomic mass is 9.76. The highest BCUT2D eigenvalue weighted by Crippen LogP contribution is 2.54. The second-order valence-corrected chi connectivity index (χ2v) is 9.06. The third-order valence-electron chi connectivity index (χ3n) is 6.17. The van der Waals surface area contributed by atoms with Gasteiger partial charge in [-0.15, -0.1) is 0 Å². The Kier molecular flexibility index (Phi) is 3.65. The zero-order chi connectivity index (χ0) is 17.9. The average Bonchev–Trinajstić information content (AvgIpc) is 2.90. The van der Waals surface area contributed by atoms with Crippen LogP contribution in [0.1, 0.15) is 42.9 Å². The predicted molar refractivity (Wildman–Crippen MR) is 120 cm³/mol. The topological polar surface area (TPSA) is 0 Å². The molecule has 0 aromatic heterocycles. The summed E-state index contributed by atoms with van der Waals surface area (Å²) in [7, 11) is 0. The van der Waals surface area contributed by atoms with Crippen molar-refractivity contribution in [1.82, 2.24) is 0 Å². The molecule has 0 aliphatic heterocycles. The maximum absolute atomic E-state index is 2.48. The molecule has 3 aromatic carbocycles. The predicted octanol–water partition coefficient (Wildman–Crippen LogP) is 7.23. The Bertz CT molecular complexity index is 1100. The van der Waals surface area contributed by atoms with Crippen molar-refractivity contribution >= 4 is 38.9 Å². The lowest BCUT2D eigenvalue weighted by Crippen LogP contribution is -2.17. The number of allylic oxidation sites excluding steroid dienone is 4. The van der Waals surface area contributed by atoms with Crippen LogP contribution < -0.4 is 0 Å². The van der Waals surface area contributed by atoms with Gasteiger partial charge in [0, 0.05) is 14.9 Å². The molecule has 0 spiro atoms. The molecule has 0 bridgehead atoms. The van der Waals surface area contributed by atoms with Crippen molar-refractivity contribution in [2.45, 2.75) is 31.6 Å². The van der Waals surface area contributed by atoms with Gasteiger partial charge in [-0.25, -0.2) is 0 Å². The smallest absolute Gasteiger partial charge is 0.0209 e. The largest absolute Gasteiger partial charge is 0.0757 e. The van der Waals surface area contributed by atoms with Crippen LogP contribution in [0.25, 0.3) is 16.3 Å². The van der Waals surface area contributed by atoms with E-state index in [4.69, 9.17) is 0 Å². The van der Waals surface area contributed by atoms with Crippen molar-refractivity contribution in [3.05, 3.63) is 98.6 Å². The van der Waals surface area contributed by atoms with E-state index in [1.165, 1.54) is 36.6 Å². The molecular formula is C25H21I. The van der Waals surface area contributed by atoms with Crippen molar-refractivity contribution in [1.29, 1.82) is 0 Å². The van der Waals surface area contributed by atoms with Gasteiger partial charge in [-0.05, 0) is 68.1 Å². The summed E-state index contributed by atoms with van der Waals surface area (Å²) in [5, 5.41) is 2.70. The second kappa shape index (κ2) is 5.82. The van der Waals surface area contributed by atoms with Crippen LogP contribution in [0.2, 0.25) is 0 Å². The second-order valence-electron chi connectivity index (χ2n) is 7.90. The van der Waals surface area contributed by atoms with E-state index in [-0.39, 0.29) is 5.41 Å². The number of hydrogen-bond donors (Lipinski definition) is 0. The minimum absolute atomic E-state index is 0.111. The van der Waals surface area contributed by atoms with E-state index in [2.05, 4.69) is 109 Å². The van der Waals surface area contributed by atoms with Crippen LogP contribution in [-0.2, 0) is 5.41 Å². The van der Waals surface area contributed by atoms with Gasteiger partial charge in [-0.2, -0.15) is 0 Å². The molecule has 0 N–H and O–H groups in total. The summed E-state index contributed by atoms with van der Waals surface area (Å²) in [6.07, 6.45) is 6.02. The fourth-order valence-corrected chi connectivity index (χ4v) is 5.49. The molecular weight excluding hydrogens is 427 g/mol. The van der Waals surface area contributed by atoms with E-state index >= 15 is 0 Å². The van der Waals surface area contributed by atoms with Crippen molar-refractivity contribution < 1.29 is 0 Å². The van der Waals surface area contributed by atoms with Crippen LogP contribution in [0, 0.1) is 3.57 Å². The van der Waals surface area contributed by atoms with Crippen LogP contribution in [0.5, 0.6) is 0 Å². The quantitative estimate of drug-likeness (QED) is 0.345. The highest BCUT2D eigenvalue weighted by atomic mass is 127. The Hall–Kier alpha value is -1.87. The molecule has 26 heavy (non-hydrogen) atoms. The molecule has 128 valence electrons. The molecule has 5 rings (SSSR count). The minimum atomic E-state index is 0.111. The van der Waals surface area contributed by atoms with E-state index in [1.54, 1.807) is 5.57 Å². The van der Waals surface area contributed by atoms with E-state index in [9.17, 15) is 0 Å². The molecule has 3 aromatic rings. The normalized spacial score (nSPS) is 20.3. The fourth-order valence-electron chi connectivity index (χ4n) is 4.84. The third-order valence-corrected chi connectivity index (χ3v) is 7.11. The van der Waals surface area contributed by atoms with Crippen molar-refractivity contribution in [3.63, 3.8) is 0 Å². The maximum atomic E-state index is 2.48. The fraction of sp³-hybridized carbons (Fsp3) is 0.200. The SMILES string of the molecule is CC1(C)C2=CC(c3ccc(I)c4ccccc34)=CCC2c2ccccc21. The van der Waals surface area contributed by atoms with Crippen LogP contribution in [-0.4, -0.2) is 0 Å². The summed E-state index contributed by atoms with van der Waals surface area (Å²) in [6.45, 7) is 4.76. The number of halogens is 1. The van der Waals surface area contributed by atoms with E-state index < -0.39 is 0 Å². The molecule has 0 amide bonds. The average molecular weight is 448 g/mol. The van der Waals surface area contributed by atoms with Crippen LogP contribution in [0.3, 0.4) is 0 Å². The molecule has 0 saturated carbocycles. The van der Waals surface area contributed by atoms with Crippen molar-refractivity contribution in [2.24, 2.45) is 0 Å². The summed E-state index contributed by atoms with van der Waals surface area (Å²) in [5.74, 6) is 0.542. The van der Waals surface area contributed by atoms with Crippen LogP contribution in [0.15, 0.2) is 78.4 Å². The van der Waals surface area contributed by atoms with Gasteiger partial charge in [0.05, 0.1) is 0 Å². The van der Waals surface area contributed by atoms with Crippen molar-refractivity contribution in [2.75, 3.05) is 0 Å². The first-order valence-corrected chi connectivity index (χ1v) is 10.3. The molecule has 0 saturated heterocycles. The highest BCUT2D eigenvalue weighted by Gasteiger charge is 2.41. The molecule has 2 aliphatic carbocycles. The number of hydrogen-bond acceptors (Lipinski definition) is 0. The summed E-state index contributed by atoms with van der Waals surface area (Å²) >= 11 is 2.44. The lowest BCUT2D eigenvalue weighted by molar-refractivity contribution is 0.613. The molecule has 1 atom stereocenters. The molecule has 0 nitrogen and oxygen atoms in total. The van der Waals surface area contributed by atoms with Gasteiger partial charge in [0.25, 0.3) is 0 Å². The molecule has 2 aliphatic rings. The van der Waals surface area contributed by atoms with E-state index in [1.807, 2.05) is 0 Å². The van der Waals surface area contributed by atoms with Gasteiger partial charge in [-0.1, -0.05) is 86.2 Å². The van der Waals surface area contributed by atoms with Crippen molar-refractivity contribution in [3.8, 4) is 0 Å². The van der Waals surface area contributed by atoms with Gasteiger partial charge < -0.3 is 0 Å². The number of rotatable bonds is 1. The Balaban J connectivity index is 1.68. The Morgan fingerprint density at radius 3 is 2.46 bits per heavy atom. The Morgan fingerprint density at radius 1 is 0.885 bits per heavy atom. The van der Waals surface area contributed by atoms with Gasteiger partial charge in [0.15, 0.2) is 0 Å². The molecule has 1 heteroatoms. The van der Waals surface area contributed by atoms with Gasteiger partial charge in [-0.3, -0.25) is 0 Å². The highest BCUT2D eigenvalue weighted by molar-refractivity contribution is 14.1. The van der Waals surface area contributed by atoms with Gasteiger partial charge in [0.1, 0.15) is 0 Å². The standard InChI is InChI=1S/C25H21I/c1-25(2)22-10-6-5-8-19(22)20-12-11-16(15-23(20)25)17-13-14-24(26)21-9-4-3-7-18(17)21/h3-11,13-15,20H,12H2,1-2H3. The van der Waals surface area contributed by atoms with Gasteiger partial charge >= 0.3 is 0 Å². The zero-order valence-electron chi connectivity index (χ0n) is 15.1. The first kappa shape index (κ1) is 16.3. The molecule has 1 unspecified atom stereocenters. The van der Waals surface area contributed by atoms with E-state index in [0.29, 0.717) is 5.92 Å². The Morgan fingerprint density at radius 2 is 1.62 bits per heavy atom. The summed E-state index contributed by atoms with van der Waals surface area (Å²) in [4.78, 5) is 0. The summed E-state index contributed by atoms with van der Waals surface area (Å²) in [6, 6.07) is 22.3. The maximum Gasteiger partial charge on any atom is 0.0209 e. The van der Waals surface area contributed by atoms with Crippen LogP contribution in [0.4, 0.5) is 0 Å². The Labute approximate surface area is 168 Å². The van der Waals surface area contributed by atoms with Crippen LogP contribution >= 0.6 is 22.6 Å². The molecule has 0 fully saturated rings. The monoisotopic (exact) mass is 448 g/mol. The minimum Gasteiger partial charge on any atom is -0.0757 e. The number of fused-ring (bicyclic) bond motifs is 4. The molecule has 0 radical (unpaired) electrons. The summed E-state index contributed by atoms with van der Waals surface area (Å²) in [5.41, 5.74) is 7.44. The third kappa shape index (κ3) is 2.26. The lowest BCUT2D eigenvalue weighted by Gasteiger charge is -2.27. The summed E-state index contributed by atoms with van der Waals surface area (Å²) < 4.78 is 1.32. The molecule has 0 heterocycles. The first-order valence-electron chi connectivity index (χ1n) is 9.26. The van der Waals surface area contributed by atoms with Gasteiger partial charge in [0.2, 0.25) is 0 Å². The zero-order valence-corrected chi connectivity index (χ0v) is 17.2. The van der Waals surface area contributed by atoms with E-state index in [0.717, 1.165) is 6.42 Å². The first-order chi connectivity index (χ1) is 12.6.